The van der Waals surface area contributed by atoms with Crippen molar-refractivity contribution in [2.75, 3.05) is 31.3 Å². The van der Waals surface area contributed by atoms with Gasteiger partial charge in [-0.1, -0.05) is 0 Å². The lowest BCUT2D eigenvalue weighted by molar-refractivity contribution is -0.116. The number of nitrogens with zero attached hydrogens (tertiary/aromatic N) is 1. The Kier molecular flexibility index (Phi) is 6.76. The molecule has 2 N–H and O–H groups in total. The van der Waals surface area contributed by atoms with Crippen LogP contribution >= 0.6 is 27.3 Å². The van der Waals surface area contributed by atoms with E-state index in [0.29, 0.717) is 22.0 Å². The Labute approximate surface area is 163 Å². The molecule has 0 unspecified atom stereocenters. The molecule has 0 spiro atoms. The van der Waals surface area contributed by atoms with Crippen molar-refractivity contribution in [2.24, 2.45) is 0 Å². The van der Waals surface area contributed by atoms with Crippen molar-refractivity contribution < 1.29 is 19.1 Å². The molecule has 0 radical (unpaired) electrons. The summed E-state index contributed by atoms with van der Waals surface area (Å²) in [5.74, 6) is -0.395. The fourth-order valence-corrected chi connectivity index (χ4v) is 3.56. The summed E-state index contributed by atoms with van der Waals surface area (Å²) in [4.78, 5) is 37.7. The second kappa shape index (κ2) is 8.81. The van der Waals surface area contributed by atoms with Crippen LogP contribution in [-0.4, -0.2) is 43.3 Å². The number of hydrogen-bond donors (Lipinski definition) is 2. The Morgan fingerprint density at radius 3 is 2.50 bits per heavy atom. The number of halogens is 1. The molecule has 0 bridgehead atoms. The first-order valence-corrected chi connectivity index (χ1v) is 9.17. The van der Waals surface area contributed by atoms with Gasteiger partial charge in [-0.3, -0.25) is 14.4 Å². The Morgan fingerprint density at radius 1 is 1.19 bits per heavy atom. The number of carbonyl (C=O) groups is 3. The second-order valence-corrected chi connectivity index (χ2v) is 7.87. The molecule has 0 aliphatic heterocycles. The lowest BCUT2D eigenvalue weighted by Crippen LogP contribution is -2.34. The summed E-state index contributed by atoms with van der Waals surface area (Å²) in [5, 5.41) is 5.34. The average Bonchev–Trinajstić information content (AvgIpc) is 3.00. The summed E-state index contributed by atoms with van der Waals surface area (Å²) in [5.41, 5.74) is 0.935. The van der Waals surface area contributed by atoms with Gasteiger partial charge in [-0.05, 0) is 46.3 Å². The number of likely N-dealkylation sites (N-methyl/N-ethyl adjacent to an activating group) is 1. The number of benzene rings is 1. The van der Waals surface area contributed by atoms with Crippen molar-refractivity contribution in [1.82, 2.24) is 4.90 Å². The van der Waals surface area contributed by atoms with E-state index in [1.807, 2.05) is 0 Å². The monoisotopic (exact) mass is 439 g/mol. The highest BCUT2D eigenvalue weighted by atomic mass is 79.9. The number of carbonyl (C=O) groups excluding carboxylic acids is 3. The Bertz CT molecular complexity index is 837. The number of methoxy groups -OCH3 is 1. The molecule has 2 aromatic rings. The molecule has 3 amide bonds. The van der Waals surface area contributed by atoms with Crippen molar-refractivity contribution in [3.63, 3.8) is 0 Å². The molecule has 0 aliphatic carbocycles. The zero-order valence-electron chi connectivity index (χ0n) is 14.5. The van der Waals surface area contributed by atoms with Crippen molar-refractivity contribution in [3.05, 3.63) is 39.0 Å². The van der Waals surface area contributed by atoms with Crippen LogP contribution in [0.15, 0.2) is 34.1 Å². The van der Waals surface area contributed by atoms with Gasteiger partial charge < -0.3 is 20.3 Å². The molecule has 0 saturated heterocycles. The summed E-state index contributed by atoms with van der Waals surface area (Å²) in [6.45, 7) is 1.27. The molecule has 138 valence electrons. The zero-order chi connectivity index (χ0) is 19.3. The Morgan fingerprint density at radius 2 is 1.92 bits per heavy atom. The molecule has 7 nitrogen and oxygen atoms in total. The van der Waals surface area contributed by atoms with Crippen molar-refractivity contribution in [2.45, 2.75) is 6.92 Å². The molecular formula is C17H18BrN3O4S. The summed E-state index contributed by atoms with van der Waals surface area (Å²) in [7, 11) is 3.04. The van der Waals surface area contributed by atoms with E-state index < -0.39 is 0 Å². The highest BCUT2D eigenvalue weighted by Crippen LogP contribution is 2.28. The van der Waals surface area contributed by atoms with Crippen molar-refractivity contribution in [3.8, 4) is 5.75 Å². The minimum absolute atomic E-state index is 0.123. The van der Waals surface area contributed by atoms with Gasteiger partial charge in [0.25, 0.3) is 5.91 Å². The van der Waals surface area contributed by atoms with Crippen LogP contribution < -0.4 is 15.4 Å². The van der Waals surface area contributed by atoms with Crippen molar-refractivity contribution in [1.29, 1.82) is 0 Å². The van der Waals surface area contributed by atoms with Crippen LogP contribution in [0.5, 0.6) is 5.75 Å². The van der Waals surface area contributed by atoms with Crippen LogP contribution in [0.25, 0.3) is 0 Å². The molecule has 2 rings (SSSR count). The van der Waals surface area contributed by atoms with Gasteiger partial charge in [-0.25, -0.2) is 0 Å². The summed E-state index contributed by atoms with van der Waals surface area (Å²) in [6.07, 6.45) is 0. The van der Waals surface area contributed by atoms with Crippen LogP contribution in [0.3, 0.4) is 0 Å². The van der Waals surface area contributed by atoms with E-state index in [-0.39, 0.29) is 24.3 Å². The molecule has 0 atom stereocenters. The number of amides is 3. The topological polar surface area (TPSA) is 87.7 Å². The van der Waals surface area contributed by atoms with Crippen LogP contribution in [-0.2, 0) is 9.59 Å². The van der Waals surface area contributed by atoms with Gasteiger partial charge in [-0.15, -0.1) is 11.3 Å². The first-order valence-electron chi connectivity index (χ1n) is 7.56. The number of ether oxygens (including phenoxy) is 1. The fraction of sp³-hybridized carbons (Fsp3) is 0.235. The number of anilines is 2. The largest absolute Gasteiger partial charge is 0.495 e. The minimum atomic E-state index is -0.380. The molecule has 0 aliphatic rings. The smallest absolute Gasteiger partial charge is 0.264 e. The maximum atomic E-state index is 12.3. The molecule has 26 heavy (non-hydrogen) atoms. The van der Waals surface area contributed by atoms with Crippen LogP contribution in [0.2, 0.25) is 0 Å². The first-order chi connectivity index (χ1) is 12.3. The third-order valence-electron chi connectivity index (χ3n) is 3.31. The zero-order valence-corrected chi connectivity index (χ0v) is 16.9. The first kappa shape index (κ1) is 19.9. The summed E-state index contributed by atoms with van der Waals surface area (Å²) in [6, 6.07) is 8.38. The van der Waals surface area contributed by atoms with E-state index in [9.17, 15) is 14.4 Å². The van der Waals surface area contributed by atoms with Gasteiger partial charge in [0.15, 0.2) is 0 Å². The molecule has 1 heterocycles. The lowest BCUT2D eigenvalue weighted by atomic mass is 10.2. The SMILES string of the molecule is COc1ccc(NC(C)=O)cc1NC(=O)CN(C)C(=O)c1ccc(Br)s1. The Balaban J connectivity index is 2.06. The number of hydrogen-bond acceptors (Lipinski definition) is 5. The van der Waals surface area contributed by atoms with E-state index in [4.69, 9.17) is 4.74 Å². The molecule has 1 aromatic carbocycles. The average molecular weight is 440 g/mol. The maximum Gasteiger partial charge on any atom is 0.264 e. The van der Waals surface area contributed by atoms with Gasteiger partial charge in [-0.2, -0.15) is 0 Å². The van der Waals surface area contributed by atoms with Crippen LogP contribution in [0.1, 0.15) is 16.6 Å². The van der Waals surface area contributed by atoms with Crippen molar-refractivity contribution >= 4 is 56.4 Å². The number of nitrogens with one attached hydrogen (secondary N) is 2. The highest BCUT2D eigenvalue weighted by Gasteiger charge is 2.18. The van der Waals surface area contributed by atoms with Gasteiger partial charge in [0, 0.05) is 19.7 Å². The van der Waals surface area contributed by atoms with Crippen LogP contribution in [0.4, 0.5) is 11.4 Å². The second-order valence-electron chi connectivity index (χ2n) is 5.41. The summed E-state index contributed by atoms with van der Waals surface area (Å²) < 4.78 is 6.06. The van der Waals surface area contributed by atoms with Crippen LogP contribution in [0, 0.1) is 0 Å². The normalized spacial score (nSPS) is 10.2. The molecule has 9 heteroatoms. The van der Waals surface area contributed by atoms with E-state index in [1.54, 1.807) is 37.4 Å². The molecule has 1 aromatic heterocycles. The highest BCUT2D eigenvalue weighted by molar-refractivity contribution is 9.11. The molecule has 0 saturated carbocycles. The Hall–Kier alpha value is -2.39. The third kappa shape index (κ3) is 5.30. The maximum absolute atomic E-state index is 12.3. The van der Waals surface area contributed by atoms with E-state index in [1.165, 1.54) is 30.3 Å². The fourth-order valence-electron chi connectivity index (χ4n) is 2.18. The van der Waals surface area contributed by atoms with Gasteiger partial charge in [0.2, 0.25) is 11.8 Å². The summed E-state index contributed by atoms with van der Waals surface area (Å²) >= 11 is 4.61. The number of rotatable bonds is 6. The van der Waals surface area contributed by atoms with E-state index in [0.717, 1.165) is 3.79 Å². The third-order valence-corrected chi connectivity index (χ3v) is 4.92. The standard InChI is InChI=1S/C17H18BrN3O4S/c1-10(22)19-11-4-5-13(25-3)12(8-11)20-16(23)9-21(2)17(24)14-6-7-15(18)26-14/h4-8H,9H2,1-3H3,(H,19,22)(H,20,23). The molecular weight excluding hydrogens is 422 g/mol. The van der Waals surface area contributed by atoms with E-state index >= 15 is 0 Å². The minimum Gasteiger partial charge on any atom is -0.495 e. The lowest BCUT2D eigenvalue weighted by Gasteiger charge is -2.17. The van der Waals surface area contributed by atoms with E-state index in [2.05, 4.69) is 26.6 Å². The molecule has 0 fully saturated rings. The van der Waals surface area contributed by atoms with Gasteiger partial charge in [0.1, 0.15) is 5.75 Å². The number of thiophene rings is 1. The predicted octanol–water partition coefficient (Wildman–Crippen LogP) is 3.19. The van der Waals surface area contributed by atoms with Gasteiger partial charge >= 0.3 is 0 Å². The quantitative estimate of drug-likeness (QED) is 0.723. The predicted molar refractivity (Wildman–Crippen MR) is 105 cm³/mol. The van der Waals surface area contributed by atoms with Gasteiger partial charge in [0.05, 0.1) is 28.0 Å².